The standard InChI is InChI=1S/C12H24N2O3/c1-6-7(2)8(11(16)17)14-10(15)9(13)12(3,4)5/h7-9H,6,13H2,1-5H3,(H,14,15)(H,16,17)/t7?,8-,9?/m0/s1. The van der Waals surface area contributed by atoms with Crippen molar-refractivity contribution in [2.24, 2.45) is 17.1 Å². The first-order chi connectivity index (χ1) is 7.61. The Hall–Kier alpha value is -1.10. The van der Waals surface area contributed by atoms with Gasteiger partial charge in [-0.3, -0.25) is 4.79 Å². The van der Waals surface area contributed by atoms with Gasteiger partial charge in [-0.15, -0.1) is 0 Å². The van der Waals surface area contributed by atoms with E-state index < -0.39 is 24.0 Å². The van der Waals surface area contributed by atoms with E-state index in [1.165, 1.54) is 0 Å². The molecular weight excluding hydrogens is 220 g/mol. The third-order valence-corrected chi connectivity index (χ3v) is 2.99. The number of carbonyl (C=O) groups excluding carboxylic acids is 1. The summed E-state index contributed by atoms with van der Waals surface area (Å²) in [7, 11) is 0. The van der Waals surface area contributed by atoms with Crippen LogP contribution in [0.5, 0.6) is 0 Å². The molecular formula is C12H24N2O3. The van der Waals surface area contributed by atoms with Gasteiger partial charge in [-0.05, 0) is 11.3 Å². The topological polar surface area (TPSA) is 92.4 Å². The van der Waals surface area contributed by atoms with E-state index >= 15 is 0 Å². The van der Waals surface area contributed by atoms with Crippen LogP contribution in [-0.4, -0.2) is 29.1 Å². The largest absolute Gasteiger partial charge is 0.480 e. The van der Waals surface area contributed by atoms with E-state index in [1.54, 1.807) is 6.92 Å². The first-order valence-corrected chi connectivity index (χ1v) is 5.90. The molecule has 0 aliphatic rings. The average molecular weight is 244 g/mol. The van der Waals surface area contributed by atoms with Gasteiger partial charge in [0.15, 0.2) is 0 Å². The SMILES string of the molecule is CCC(C)[C@H](NC(=O)C(N)C(C)(C)C)C(=O)O. The van der Waals surface area contributed by atoms with Crippen LogP contribution >= 0.6 is 0 Å². The van der Waals surface area contributed by atoms with Gasteiger partial charge < -0.3 is 16.2 Å². The predicted molar refractivity (Wildman–Crippen MR) is 66.5 cm³/mol. The molecule has 100 valence electrons. The minimum absolute atomic E-state index is 0.122. The number of nitrogens with two attached hydrogens (primary N) is 1. The molecule has 2 unspecified atom stereocenters. The molecule has 17 heavy (non-hydrogen) atoms. The molecule has 4 N–H and O–H groups in total. The van der Waals surface area contributed by atoms with Gasteiger partial charge in [0.1, 0.15) is 6.04 Å². The van der Waals surface area contributed by atoms with Gasteiger partial charge in [-0.25, -0.2) is 4.79 Å². The lowest BCUT2D eigenvalue weighted by atomic mass is 9.86. The monoisotopic (exact) mass is 244 g/mol. The van der Waals surface area contributed by atoms with Crippen molar-refractivity contribution >= 4 is 11.9 Å². The minimum Gasteiger partial charge on any atom is -0.480 e. The van der Waals surface area contributed by atoms with Gasteiger partial charge in [-0.2, -0.15) is 0 Å². The Kier molecular flexibility index (Phi) is 5.61. The maximum Gasteiger partial charge on any atom is 0.326 e. The highest BCUT2D eigenvalue weighted by Crippen LogP contribution is 2.18. The Morgan fingerprint density at radius 1 is 1.35 bits per heavy atom. The normalized spacial score (nSPS) is 17.1. The zero-order valence-corrected chi connectivity index (χ0v) is 11.3. The van der Waals surface area contributed by atoms with Crippen molar-refractivity contribution in [2.75, 3.05) is 0 Å². The Morgan fingerprint density at radius 3 is 2.12 bits per heavy atom. The fourth-order valence-electron chi connectivity index (χ4n) is 1.32. The number of amides is 1. The van der Waals surface area contributed by atoms with Gasteiger partial charge in [0.05, 0.1) is 6.04 Å². The summed E-state index contributed by atoms with van der Waals surface area (Å²) in [5, 5.41) is 11.6. The molecule has 0 spiro atoms. The first-order valence-electron chi connectivity index (χ1n) is 5.90. The van der Waals surface area contributed by atoms with E-state index in [0.717, 1.165) is 0 Å². The molecule has 0 rings (SSSR count). The van der Waals surface area contributed by atoms with Crippen molar-refractivity contribution in [3.8, 4) is 0 Å². The number of carboxylic acid groups (broad SMARTS) is 1. The van der Waals surface area contributed by atoms with Gasteiger partial charge in [0, 0.05) is 0 Å². The van der Waals surface area contributed by atoms with Crippen LogP contribution in [0.2, 0.25) is 0 Å². The van der Waals surface area contributed by atoms with Crippen molar-refractivity contribution in [1.29, 1.82) is 0 Å². The van der Waals surface area contributed by atoms with Crippen molar-refractivity contribution in [1.82, 2.24) is 5.32 Å². The summed E-state index contributed by atoms with van der Waals surface area (Å²) < 4.78 is 0. The van der Waals surface area contributed by atoms with Crippen molar-refractivity contribution < 1.29 is 14.7 Å². The molecule has 3 atom stereocenters. The van der Waals surface area contributed by atoms with Gasteiger partial charge >= 0.3 is 5.97 Å². The molecule has 0 aromatic carbocycles. The number of rotatable bonds is 5. The van der Waals surface area contributed by atoms with Crippen LogP contribution in [0.25, 0.3) is 0 Å². The summed E-state index contributed by atoms with van der Waals surface area (Å²) >= 11 is 0. The van der Waals surface area contributed by atoms with Crippen molar-refractivity contribution in [3.63, 3.8) is 0 Å². The predicted octanol–water partition coefficient (Wildman–Crippen LogP) is 0.975. The van der Waals surface area contributed by atoms with Crippen LogP contribution in [0, 0.1) is 11.3 Å². The summed E-state index contributed by atoms with van der Waals surface area (Å²) in [5.74, 6) is -1.55. The highest BCUT2D eigenvalue weighted by Gasteiger charge is 2.32. The van der Waals surface area contributed by atoms with Gasteiger partial charge in [0.2, 0.25) is 5.91 Å². The minimum atomic E-state index is -1.02. The Labute approximate surface area is 103 Å². The lowest BCUT2D eigenvalue weighted by Crippen LogP contribution is -2.54. The second-order valence-electron chi connectivity index (χ2n) is 5.55. The molecule has 0 saturated heterocycles. The Bertz CT molecular complexity index is 284. The smallest absolute Gasteiger partial charge is 0.326 e. The molecule has 5 nitrogen and oxygen atoms in total. The molecule has 0 fully saturated rings. The van der Waals surface area contributed by atoms with E-state index in [4.69, 9.17) is 10.8 Å². The summed E-state index contributed by atoms with van der Waals surface area (Å²) in [6.45, 7) is 9.21. The maximum absolute atomic E-state index is 11.8. The number of hydrogen-bond acceptors (Lipinski definition) is 3. The van der Waals surface area contributed by atoms with E-state index in [1.807, 2.05) is 27.7 Å². The number of carboxylic acids is 1. The third kappa shape index (κ3) is 4.73. The van der Waals surface area contributed by atoms with Crippen molar-refractivity contribution in [2.45, 2.75) is 53.1 Å². The third-order valence-electron chi connectivity index (χ3n) is 2.99. The summed E-state index contributed by atoms with van der Waals surface area (Å²) in [4.78, 5) is 22.9. The fraction of sp³-hybridized carbons (Fsp3) is 0.833. The molecule has 0 aromatic heterocycles. The van der Waals surface area contributed by atoms with E-state index in [9.17, 15) is 9.59 Å². The summed E-state index contributed by atoms with van der Waals surface area (Å²) in [5.41, 5.74) is 5.39. The summed E-state index contributed by atoms with van der Waals surface area (Å²) in [6, 6.07) is -1.59. The molecule has 0 aliphatic heterocycles. The molecule has 0 aliphatic carbocycles. The van der Waals surface area contributed by atoms with Crippen LogP contribution in [0.15, 0.2) is 0 Å². The number of nitrogens with one attached hydrogen (secondary N) is 1. The van der Waals surface area contributed by atoms with Crippen LogP contribution < -0.4 is 11.1 Å². The number of carbonyl (C=O) groups is 2. The Balaban J connectivity index is 4.68. The van der Waals surface area contributed by atoms with E-state index in [-0.39, 0.29) is 11.3 Å². The first kappa shape index (κ1) is 15.9. The zero-order chi connectivity index (χ0) is 13.8. The van der Waals surface area contributed by atoms with Gasteiger partial charge in [0.25, 0.3) is 0 Å². The second-order valence-corrected chi connectivity index (χ2v) is 5.55. The lowest BCUT2D eigenvalue weighted by molar-refractivity contribution is -0.143. The van der Waals surface area contributed by atoms with Crippen LogP contribution in [0.3, 0.4) is 0 Å². The second kappa shape index (κ2) is 6.00. The van der Waals surface area contributed by atoms with Crippen LogP contribution in [-0.2, 0) is 9.59 Å². The number of aliphatic carboxylic acids is 1. The van der Waals surface area contributed by atoms with Crippen LogP contribution in [0.1, 0.15) is 41.0 Å². The fourth-order valence-corrected chi connectivity index (χ4v) is 1.32. The summed E-state index contributed by atoms with van der Waals surface area (Å²) in [6.07, 6.45) is 0.683. The Morgan fingerprint density at radius 2 is 1.82 bits per heavy atom. The molecule has 0 heterocycles. The molecule has 0 aromatic rings. The molecule has 1 amide bonds. The zero-order valence-electron chi connectivity index (χ0n) is 11.3. The van der Waals surface area contributed by atoms with E-state index in [0.29, 0.717) is 6.42 Å². The highest BCUT2D eigenvalue weighted by atomic mass is 16.4. The quantitative estimate of drug-likeness (QED) is 0.672. The van der Waals surface area contributed by atoms with Gasteiger partial charge in [-0.1, -0.05) is 41.0 Å². The number of hydrogen-bond donors (Lipinski definition) is 3. The van der Waals surface area contributed by atoms with Crippen LogP contribution in [0.4, 0.5) is 0 Å². The van der Waals surface area contributed by atoms with E-state index in [2.05, 4.69) is 5.32 Å². The average Bonchev–Trinajstić information content (AvgIpc) is 2.21. The lowest BCUT2D eigenvalue weighted by Gasteiger charge is -2.28. The molecule has 0 saturated carbocycles. The molecule has 0 bridgehead atoms. The maximum atomic E-state index is 11.8. The highest BCUT2D eigenvalue weighted by molar-refractivity contribution is 5.87. The van der Waals surface area contributed by atoms with Crippen molar-refractivity contribution in [3.05, 3.63) is 0 Å². The molecule has 0 radical (unpaired) electrons. The molecule has 5 heteroatoms.